The number of non-ortho nitro benzene ring substituents is 1. The number of hydrogen-bond acceptors (Lipinski definition) is 8. The molecule has 0 unspecified atom stereocenters. The number of carbonyl (C=O) groups excluding carboxylic acids is 3. The highest BCUT2D eigenvalue weighted by atomic mass is 79.9. The zero-order chi connectivity index (χ0) is 31.4. The van der Waals surface area contributed by atoms with Crippen LogP contribution in [0.1, 0.15) is 36.0 Å². The largest absolute Gasteiger partial charge is 0.422 e. The van der Waals surface area contributed by atoms with Crippen molar-refractivity contribution in [2.45, 2.75) is 0 Å². The zero-order valence-electron chi connectivity index (χ0n) is 22.0. The van der Waals surface area contributed by atoms with Gasteiger partial charge in [0.1, 0.15) is 10.6 Å². The van der Waals surface area contributed by atoms with Crippen LogP contribution in [-0.2, 0) is 0 Å². The summed E-state index contributed by atoms with van der Waals surface area (Å²) in [6.45, 7) is 0. The molecule has 4 aromatic carbocycles. The molecule has 0 aliphatic heterocycles. The molecule has 0 spiro atoms. The van der Waals surface area contributed by atoms with Crippen molar-refractivity contribution < 1.29 is 24.0 Å². The molecule has 0 saturated heterocycles. The maximum atomic E-state index is 13.0. The highest BCUT2D eigenvalue weighted by molar-refractivity contribution is 9.10. The van der Waals surface area contributed by atoms with Gasteiger partial charge in [-0.3, -0.25) is 19.7 Å². The van der Waals surface area contributed by atoms with Gasteiger partial charge in [-0.1, -0.05) is 43.5 Å². The number of thiophene rings is 1. The number of nitro benzene ring substituents is 1. The average molecular weight is 757 g/mol. The van der Waals surface area contributed by atoms with Gasteiger partial charge in [0.05, 0.1) is 16.2 Å². The molecule has 5 aromatic rings. The summed E-state index contributed by atoms with van der Waals surface area (Å²) < 4.78 is 7.58. The molecule has 1 heterocycles. The van der Waals surface area contributed by atoms with E-state index in [0.717, 1.165) is 15.8 Å². The van der Waals surface area contributed by atoms with Gasteiger partial charge in [0.15, 0.2) is 0 Å². The van der Waals surface area contributed by atoms with E-state index >= 15 is 0 Å². The monoisotopic (exact) mass is 754 g/mol. The maximum Gasteiger partial charge on any atom is 0.355 e. The average Bonchev–Trinajstić information content (AvgIpc) is 3.34. The van der Waals surface area contributed by atoms with Crippen LogP contribution >= 0.6 is 54.8 Å². The van der Waals surface area contributed by atoms with Crippen LogP contribution in [0.15, 0.2) is 99.0 Å². The predicted molar refractivity (Wildman–Crippen MR) is 176 cm³/mol. The van der Waals surface area contributed by atoms with Crippen molar-refractivity contribution in [3.05, 3.63) is 131 Å². The number of amides is 2. The third kappa shape index (κ3) is 7.19. The Labute approximate surface area is 275 Å². The first-order chi connectivity index (χ1) is 21.1. The van der Waals surface area contributed by atoms with Gasteiger partial charge in [0.25, 0.3) is 17.5 Å². The fourth-order valence-corrected chi connectivity index (χ4v) is 5.95. The lowest BCUT2D eigenvalue weighted by Crippen LogP contribution is -2.18. The second kappa shape index (κ2) is 13.5. The number of halogens is 3. The summed E-state index contributed by atoms with van der Waals surface area (Å²) in [5, 5.41) is 18.5. The summed E-state index contributed by atoms with van der Waals surface area (Å²) in [5.41, 5.74) is 3.96. The van der Waals surface area contributed by atoms with E-state index in [4.69, 9.17) is 16.3 Å². The van der Waals surface area contributed by atoms with Gasteiger partial charge in [-0.25, -0.2) is 10.2 Å². The van der Waals surface area contributed by atoms with Crippen LogP contribution in [0.2, 0.25) is 5.02 Å². The first kappa shape index (κ1) is 31.0. The first-order valence-corrected chi connectivity index (χ1v) is 15.3. The summed E-state index contributed by atoms with van der Waals surface area (Å²) in [6.07, 6.45) is 1.31. The van der Waals surface area contributed by atoms with E-state index in [-0.39, 0.29) is 27.2 Å². The van der Waals surface area contributed by atoms with E-state index in [1.165, 1.54) is 36.5 Å². The standard InChI is InChI=1S/C30H17Br2ClN4O6S/c31-19-5-1-16(2-6-19)28(38)35-21-8-3-17(4-9-21)29(39)36-34-15-18-13-20(32)7-12-24(18)43-30(40)27-26(33)23-11-10-22(37(41)42)14-25(23)44-27/h1-15H,(H,35,38)(H,36,39)/b34-15-. The van der Waals surface area contributed by atoms with Crippen LogP contribution in [0.3, 0.4) is 0 Å². The van der Waals surface area contributed by atoms with Crippen molar-refractivity contribution in [2.24, 2.45) is 5.10 Å². The number of benzene rings is 4. The van der Waals surface area contributed by atoms with Crippen LogP contribution in [0.4, 0.5) is 11.4 Å². The van der Waals surface area contributed by atoms with E-state index in [2.05, 4.69) is 47.7 Å². The molecule has 220 valence electrons. The normalized spacial score (nSPS) is 11.0. The van der Waals surface area contributed by atoms with Crippen LogP contribution < -0.4 is 15.5 Å². The van der Waals surface area contributed by atoms with Gasteiger partial charge in [-0.2, -0.15) is 5.10 Å². The fourth-order valence-electron chi connectivity index (χ4n) is 3.89. The van der Waals surface area contributed by atoms with Gasteiger partial charge in [-0.15, -0.1) is 11.3 Å². The summed E-state index contributed by atoms with van der Waals surface area (Å²) >= 11 is 14.1. The molecule has 0 aliphatic carbocycles. The molecule has 0 bridgehead atoms. The van der Waals surface area contributed by atoms with Crippen LogP contribution in [-0.4, -0.2) is 28.9 Å². The zero-order valence-corrected chi connectivity index (χ0v) is 26.8. The van der Waals surface area contributed by atoms with E-state index in [9.17, 15) is 24.5 Å². The van der Waals surface area contributed by atoms with Crippen molar-refractivity contribution in [3.63, 3.8) is 0 Å². The molecular formula is C30H17Br2ClN4O6S. The molecule has 44 heavy (non-hydrogen) atoms. The second-order valence-electron chi connectivity index (χ2n) is 8.99. The number of carbonyl (C=O) groups is 3. The summed E-state index contributed by atoms with van der Waals surface area (Å²) in [7, 11) is 0. The molecule has 2 N–H and O–H groups in total. The third-order valence-corrected chi connectivity index (χ3v) is 8.72. The number of esters is 1. The summed E-state index contributed by atoms with van der Waals surface area (Å²) in [5.74, 6) is -1.41. The highest BCUT2D eigenvalue weighted by Gasteiger charge is 2.22. The van der Waals surface area contributed by atoms with Gasteiger partial charge >= 0.3 is 5.97 Å². The van der Waals surface area contributed by atoms with Crippen molar-refractivity contribution in [2.75, 3.05) is 5.32 Å². The number of hydrogen-bond donors (Lipinski definition) is 2. The van der Waals surface area contributed by atoms with Gasteiger partial charge < -0.3 is 10.1 Å². The van der Waals surface area contributed by atoms with Crippen LogP contribution in [0.5, 0.6) is 5.75 Å². The van der Waals surface area contributed by atoms with E-state index < -0.39 is 16.8 Å². The fraction of sp³-hybridized carbons (Fsp3) is 0. The minimum atomic E-state index is -0.757. The molecule has 0 atom stereocenters. The van der Waals surface area contributed by atoms with E-state index in [0.29, 0.717) is 36.9 Å². The van der Waals surface area contributed by atoms with Crippen molar-refractivity contribution >= 4 is 100 Å². The Kier molecular flexibility index (Phi) is 9.49. The molecule has 0 saturated carbocycles. The van der Waals surface area contributed by atoms with E-state index in [1.807, 2.05) is 0 Å². The number of nitro groups is 1. The molecule has 5 rings (SSSR count). The van der Waals surface area contributed by atoms with Crippen LogP contribution in [0.25, 0.3) is 10.1 Å². The minimum Gasteiger partial charge on any atom is -0.422 e. The number of anilines is 1. The number of fused-ring (bicyclic) bond motifs is 1. The Hall–Kier alpha value is -4.43. The van der Waals surface area contributed by atoms with Crippen molar-refractivity contribution in [1.82, 2.24) is 5.43 Å². The predicted octanol–water partition coefficient (Wildman–Crippen LogP) is 8.22. The number of ether oxygens (including phenoxy) is 1. The number of rotatable bonds is 8. The quantitative estimate of drug-likeness (QED) is 0.0538. The minimum absolute atomic E-state index is 0.0813. The lowest BCUT2D eigenvalue weighted by atomic mass is 10.1. The Bertz CT molecular complexity index is 1960. The van der Waals surface area contributed by atoms with Crippen LogP contribution in [0, 0.1) is 10.1 Å². The molecule has 0 fully saturated rings. The number of nitrogens with zero attached hydrogens (tertiary/aromatic N) is 2. The van der Waals surface area contributed by atoms with Gasteiger partial charge in [-0.05, 0) is 72.8 Å². The smallest absolute Gasteiger partial charge is 0.355 e. The first-order valence-electron chi connectivity index (χ1n) is 12.5. The Balaban J connectivity index is 1.25. The molecular weight excluding hydrogens is 740 g/mol. The van der Waals surface area contributed by atoms with E-state index in [1.54, 1.807) is 54.6 Å². The summed E-state index contributed by atoms with van der Waals surface area (Å²) in [4.78, 5) is 48.8. The molecule has 0 aliphatic rings. The Morgan fingerprint density at radius 3 is 2.25 bits per heavy atom. The lowest BCUT2D eigenvalue weighted by molar-refractivity contribution is -0.384. The molecule has 0 radical (unpaired) electrons. The number of hydrazone groups is 1. The van der Waals surface area contributed by atoms with Crippen molar-refractivity contribution in [1.29, 1.82) is 0 Å². The number of nitrogens with one attached hydrogen (secondary N) is 2. The Morgan fingerprint density at radius 1 is 0.886 bits per heavy atom. The lowest BCUT2D eigenvalue weighted by Gasteiger charge is -2.08. The topological polar surface area (TPSA) is 140 Å². The maximum absolute atomic E-state index is 13.0. The molecule has 10 nitrogen and oxygen atoms in total. The van der Waals surface area contributed by atoms with Gasteiger partial charge in [0.2, 0.25) is 0 Å². The highest BCUT2D eigenvalue weighted by Crippen LogP contribution is 2.38. The SMILES string of the molecule is O=C(N/N=C\c1cc(Br)ccc1OC(=O)c1sc2cc([N+](=O)[O-])ccc2c1Cl)c1ccc(NC(=O)c2ccc(Br)cc2)cc1. The molecule has 1 aromatic heterocycles. The second-order valence-corrected chi connectivity index (χ2v) is 12.3. The summed E-state index contributed by atoms with van der Waals surface area (Å²) in [6, 6.07) is 22.1. The van der Waals surface area contributed by atoms with Gasteiger partial charge in [0, 0.05) is 53.5 Å². The molecule has 14 heteroatoms. The van der Waals surface area contributed by atoms with Crippen molar-refractivity contribution in [3.8, 4) is 5.75 Å². The Morgan fingerprint density at radius 2 is 1.55 bits per heavy atom. The third-order valence-electron chi connectivity index (χ3n) is 6.06. The molecule has 2 amide bonds.